The predicted octanol–water partition coefficient (Wildman–Crippen LogP) is 3.39. The van der Waals surface area contributed by atoms with E-state index in [0.717, 1.165) is 70.6 Å². The number of nitrogens with zero attached hydrogens (tertiary/aromatic N) is 2. The number of fused-ring (bicyclic) bond motifs is 1. The van der Waals surface area contributed by atoms with Gasteiger partial charge in [-0.3, -0.25) is 24.0 Å². The maximum Gasteiger partial charge on any atom is 0.316 e. The third kappa shape index (κ3) is 7.27. The molecule has 0 aromatic carbocycles. The molecule has 6 N–H and O–H groups in total. The molecule has 4 saturated carbocycles. The van der Waals surface area contributed by atoms with Crippen LogP contribution in [0.15, 0.2) is 0 Å². The quantitative estimate of drug-likeness (QED) is 0.201. The second-order valence-electron chi connectivity index (χ2n) is 20.0. The van der Waals surface area contributed by atoms with E-state index in [-0.39, 0.29) is 45.4 Å². The summed E-state index contributed by atoms with van der Waals surface area (Å²) in [5, 5.41) is 12.4. The SMILES string of the molecule is CC1(C)CN(C(=O)[C@@H](NC(=O)N[C@H](C(=O)N2C[C@]3(C[C@H]2C(=O)NC(CC2CCC2)C(=O)C(N)=O)C(C)(C)C32CCC2)C(C)(C)C)C2CCCCC2)CCN1. The number of hydrogen-bond acceptors (Lipinski definition) is 7. The predicted molar refractivity (Wildman–Crippen MR) is 205 cm³/mol. The molecule has 0 aromatic heterocycles. The van der Waals surface area contributed by atoms with Crippen LogP contribution in [0.25, 0.3) is 0 Å². The van der Waals surface area contributed by atoms with Gasteiger partial charge in [-0.25, -0.2) is 4.79 Å². The van der Waals surface area contributed by atoms with Gasteiger partial charge in [0.05, 0.1) is 6.04 Å². The van der Waals surface area contributed by atoms with Crippen molar-refractivity contribution in [1.29, 1.82) is 0 Å². The van der Waals surface area contributed by atoms with Crippen LogP contribution in [0.3, 0.4) is 0 Å². The molecule has 2 aliphatic heterocycles. The first-order valence-corrected chi connectivity index (χ1v) is 20.8. The van der Waals surface area contributed by atoms with Crippen molar-refractivity contribution in [3.05, 3.63) is 0 Å². The second kappa shape index (κ2) is 14.7. The average Bonchev–Trinajstić information content (AvgIpc) is 3.27. The maximum atomic E-state index is 15.0. The summed E-state index contributed by atoms with van der Waals surface area (Å²) in [5.74, 6) is -2.60. The monoisotopic (exact) mass is 754 g/mol. The minimum Gasteiger partial charge on any atom is -0.363 e. The Morgan fingerprint density at radius 3 is 2.00 bits per heavy atom. The molecule has 4 aliphatic carbocycles. The summed E-state index contributed by atoms with van der Waals surface area (Å²) < 4.78 is 0. The lowest BCUT2D eigenvalue weighted by molar-refractivity contribution is -0.143. The molecule has 2 saturated heterocycles. The van der Waals surface area contributed by atoms with Gasteiger partial charge in [-0.2, -0.15) is 0 Å². The smallest absolute Gasteiger partial charge is 0.316 e. The van der Waals surface area contributed by atoms with Gasteiger partial charge in [-0.1, -0.05) is 79.6 Å². The van der Waals surface area contributed by atoms with E-state index >= 15 is 0 Å². The molecule has 54 heavy (non-hydrogen) atoms. The highest BCUT2D eigenvalue weighted by Crippen LogP contribution is 2.88. The van der Waals surface area contributed by atoms with E-state index in [2.05, 4.69) is 49.0 Å². The fourth-order valence-corrected chi connectivity index (χ4v) is 11.3. The number of hydrogen-bond donors (Lipinski definition) is 5. The average molecular weight is 754 g/mol. The number of carbonyl (C=O) groups is 6. The van der Waals surface area contributed by atoms with E-state index < -0.39 is 53.2 Å². The Morgan fingerprint density at radius 1 is 0.815 bits per heavy atom. The highest BCUT2D eigenvalue weighted by Gasteiger charge is 2.85. The zero-order chi connectivity index (χ0) is 39.4. The first kappa shape index (κ1) is 40.4. The first-order valence-electron chi connectivity index (χ1n) is 20.8. The fraction of sp³-hybridized carbons (Fsp3) is 0.854. The van der Waals surface area contributed by atoms with Gasteiger partial charge in [-0.15, -0.1) is 0 Å². The molecule has 0 radical (unpaired) electrons. The Labute approximate surface area is 321 Å². The van der Waals surface area contributed by atoms with Gasteiger partial charge in [0.25, 0.3) is 5.91 Å². The van der Waals surface area contributed by atoms with Crippen LogP contribution in [0.5, 0.6) is 0 Å². The van der Waals surface area contributed by atoms with E-state index in [0.29, 0.717) is 39.0 Å². The molecule has 2 heterocycles. The van der Waals surface area contributed by atoms with Gasteiger partial charge in [0.2, 0.25) is 23.5 Å². The lowest BCUT2D eigenvalue weighted by atomic mass is 9.73. The number of urea groups is 1. The number of piperazine rings is 1. The molecule has 0 bridgehead atoms. The number of rotatable bonds is 11. The Balaban J connectivity index is 1.24. The lowest BCUT2D eigenvalue weighted by Gasteiger charge is -2.42. The van der Waals surface area contributed by atoms with Crippen LogP contribution in [-0.2, 0) is 24.0 Å². The molecule has 13 heteroatoms. The Bertz CT molecular complexity index is 1510. The highest BCUT2D eigenvalue weighted by atomic mass is 16.2. The summed E-state index contributed by atoms with van der Waals surface area (Å²) in [6.45, 7) is 16.4. The normalized spacial score (nSPS) is 29.0. The topological polar surface area (TPSA) is 183 Å². The Morgan fingerprint density at radius 2 is 1.48 bits per heavy atom. The summed E-state index contributed by atoms with van der Waals surface area (Å²) in [7, 11) is 0. The van der Waals surface area contributed by atoms with Crippen molar-refractivity contribution in [1.82, 2.24) is 31.1 Å². The standard InChI is InChI=1S/C41H67N7O6/c1-37(2,3)31(46-36(54)45-29(26-15-9-8-10-16-26)34(52)47-20-19-43-38(4,5)23-47)35(53)48-24-41(39(6,7)40(41)17-12-18-40)22-28(48)33(51)44-27(30(49)32(42)50)21-25-13-11-14-25/h25-29,31,43H,8-24H2,1-7H3,(H2,42,50)(H,44,51)(H2,45,46,54)/t27?,28-,29-,31+,41+/m0/s1. The molecular formula is C41H67N7O6. The van der Waals surface area contributed by atoms with Crippen molar-refractivity contribution in [2.45, 2.75) is 162 Å². The molecule has 1 unspecified atom stereocenters. The zero-order valence-electron chi connectivity index (χ0n) is 33.9. The minimum atomic E-state index is -1.08. The van der Waals surface area contributed by atoms with Gasteiger partial charge in [0.15, 0.2) is 0 Å². The molecule has 6 rings (SSSR count). The van der Waals surface area contributed by atoms with Gasteiger partial charge in [-0.05, 0) is 80.5 Å². The van der Waals surface area contributed by atoms with Gasteiger partial charge in [0, 0.05) is 37.1 Å². The molecule has 13 nitrogen and oxygen atoms in total. The molecule has 6 amide bonds. The Hall–Kier alpha value is -3.22. The van der Waals surface area contributed by atoms with E-state index in [1.165, 1.54) is 0 Å². The summed E-state index contributed by atoms with van der Waals surface area (Å²) in [4.78, 5) is 86.1. The summed E-state index contributed by atoms with van der Waals surface area (Å²) in [6.07, 6.45) is 11.6. The number of nitrogens with two attached hydrogens (primary N) is 1. The number of nitrogens with one attached hydrogen (secondary N) is 4. The van der Waals surface area contributed by atoms with Crippen LogP contribution in [0.1, 0.15) is 132 Å². The largest absolute Gasteiger partial charge is 0.363 e. The third-order valence-electron chi connectivity index (χ3n) is 15.0. The number of carbonyl (C=O) groups excluding carboxylic acids is 6. The van der Waals surface area contributed by atoms with Crippen LogP contribution < -0.4 is 27.0 Å². The first-order chi connectivity index (χ1) is 25.2. The summed E-state index contributed by atoms with van der Waals surface area (Å²) in [5.41, 5.74) is 4.08. The van der Waals surface area contributed by atoms with Gasteiger partial charge < -0.3 is 36.8 Å². The Kier molecular flexibility index (Phi) is 11.0. The van der Waals surface area contributed by atoms with Crippen molar-refractivity contribution < 1.29 is 28.8 Å². The van der Waals surface area contributed by atoms with Crippen LogP contribution >= 0.6 is 0 Å². The van der Waals surface area contributed by atoms with Crippen LogP contribution in [0.4, 0.5) is 4.79 Å². The summed E-state index contributed by atoms with van der Waals surface area (Å²) >= 11 is 0. The molecule has 5 atom stereocenters. The van der Waals surface area contributed by atoms with Gasteiger partial charge >= 0.3 is 6.03 Å². The third-order valence-corrected chi connectivity index (χ3v) is 15.0. The highest BCUT2D eigenvalue weighted by molar-refractivity contribution is 6.37. The van der Waals surface area contributed by atoms with Crippen LogP contribution in [0.2, 0.25) is 0 Å². The van der Waals surface area contributed by atoms with E-state index in [9.17, 15) is 28.8 Å². The van der Waals surface area contributed by atoms with E-state index in [1.807, 2.05) is 25.7 Å². The molecule has 6 aliphatic rings. The molecule has 2 spiro atoms. The fourth-order valence-electron chi connectivity index (χ4n) is 11.3. The van der Waals surface area contributed by atoms with Crippen molar-refractivity contribution >= 4 is 35.4 Å². The number of amides is 6. The lowest BCUT2D eigenvalue weighted by Crippen LogP contribution is -2.64. The number of Topliss-reactive ketones (excluding diaryl/α,β-unsaturated/α-hetero) is 1. The number of ketones is 1. The van der Waals surface area contributed by atoms with Crippen LogP contribution in [0, 0.1) is 33.5 Å². The van der Waals surface area contributed by atoms with Gasteiger partial charge in [0.1, 0.15) is 18.1 Å². The van der Waals surface area contributed by atoms with Crippen molar-refractivity contribution in [3.63, 3.8) is 0 Å². The van der Waals surface area contributed by atoms with Crippen LogP contribution in [-0.4, -0.2) is 101 Å². The van der Waals surface area contributed by atoms with E-state index in [4.69, 9.17) is 5.73 Å². The van der Waals surface area contributed by atoms with Crippen molar-refractivity contribution in [2.75, 3.05) is 26.2 Å². The molecule has 6 fully saturated rings. The maximum absolute atomic E-state index is 15.0. The van der Waals surface area contributed by atoms with Crippen molar-refractivity contribution in [2.24, 2.45) is 39.2 Å². The number of likely N-dealkylation sites (tertiary alicyclic amines) is 1. The summed E-state index contributed by atoms with van der Waals surface area (Å²) in [6, 6.07) is -4.24. The molecule has 0 aromatic rings. The molecular weight excluding hydrogens is 686 g/mol. The second-order valence-corrected chi connectivity index (χ2v) is 20.0. The number of primary amides is 1. The molecule has 302 valence electrons. The minimum absolute atomic E-state index is 0.00272. The van der Waals surface area contributed by atoms with Crippen molar-refractivity contribution in [3.8, 4) is 0 Å². The zero-order valence-corrected chi connectivity index (χ0v) is 33.9. The van der Waals surface area contributed by atoms with E-state index in [1.54, 1.807) is 4.90 Å².